The molecule has 0 heterocycles. The molecule has 0 nitrogen and oxygen atoms in total. The van der Waals surface area contributed by atoms with Crippen LogP contribution in [0.25, 0.3) is 0 Å². The highest BCUT2D eigenvalue weighted by atomic mass is 29.2. The van der Waals surface area contributed by atoms with Gasteiger partial charge in [-0.1, -0.05) is 142 Å². The predicted molar refractivity (Wildman–Crippen MR) is 116 cm³/mol. The molecular weight excluding hydrogens is 344 g/mol. The average molecular weight is 365 g/mol. The average Bonchev–Trinajstić information content (AvgIpc) is 2.75. The molecule has 0 saturated heterocycles. The van der Waals surface area contributed by atoms with E-state index in [0.29, 0.717) is 0 Å². The quantitative estimate of drug-likeness (QED) is 0.377. The second-order valence-corrected chi connectivity index (χ2v) is 13.4. The van der Waals surface area contributed by atoms with E-state index in [1.807, 2.05) is 0 Å². The second-order valence-electron chi connectivity index (χ2n) is 6.34. The summed E-state index contributed by atoms with van der Waals surface area (Å²) in [7, 11) is -1.40. The highest BCUT2D eigenvalue weighted by Crippen LogP contribution is 2.07. The van der Waals surface area contributed by atoms with Gasteiger partial charge in [-0.25, -0.2) is 0 Å². The molecule has 0 fully saturated rings. The van der Waals surface area contributed by atoms with Gasteiger partial charge in [0.15, 0.2) is 0 Å². The third-order valence-electron chi connectivity index (χ3n) is 4.73. The zero-order valence-electron chi connectivity index (χ0n) is 14.5. The van der Waals surface area contributed by atoms with Gasteiger partial charge >= 0.3 is 0 Å². The number of benzene rings is 4. The highest BCUT2D eigenvalue weighted by molar-refractivity contribution is 7.46. The van der Waals surface area contributed by atoms with Gasteiger partial charge in [-0.15, -0.1) is 0 Å². The Labute approximate surface area is 158 Å². The first-order valence-electron chi connectivity index (χ1n) is 8.89. The number of hydrogen-bond donors (Lipinski definition) is 0. The Morgan fingerprint density at radius 1 is 0.385 bits per heavy atom. The van der Waals surface area contributed by atoms with Crippen LogP contribution in [0.3, 0.4) is 0 Å². The minimum absolute atomic E-state index is 0.737. The van der Waals surface area contributed by atoms with Gasteiger partial charge in [0.25, 0.3) is 0 Å². The first kappa shape index (κ1) is 16.8. The van der Waals surface area contributed by atoms with Crippen molar-refractivity contribution in [2.24, 2.45) is 0 Å². The van der Waals surface area contributed by atoms with Crippen LogP contribution >= 0.6 is 0 Å². The van der Waals surface area contributed by atoms with E-state index in [-0.39, 0.29) is 0 Å². The molecule has 0 spiro atoms. The van der Waals surface area contributed by atoms with Crippen molar-refractivity contribution in [1.82, 2.24) is 0 Å². The Hall–Kier alpha value is -2.69. The van der Waals surface area contributed by atoms with Gasteiger partial charge in [-0.2, -0.15) is 0 Å². The Morgan fingerprint density at radius 2 is 0.692 bits per heavy atom. The van der Waals surface area contributed by atoms with Gasteiger partial charge in [0.2, 0.25) is 0 Å². The fraction of sp³-hybridized carbons (Fsp3) is 0. The highest BCUT2D eigenvalue weighted by Gasteiger charge is 2.39. The van der Waals surface area contributed by atoms with Gasteiger partial charge in [0.05, 0.1) is 9.04 Å². The van der Waals surface area contributed by atoms with Crippen LogP contribution in [0, 0.1) is 0 Å². The maximum Gasteiger partial charge on any atom is 0.139 e. The lowest BCUT2D eigenvalue weighted by Crippen LogP contribution is -2.73. The molecule has 124 valence electrons. The summed E-state index contributed by atoms with van der Waals surface area (Å²) in [6, 6.07) is 44.3. The maximum absolute atomic E-state index is 2.32. The normalized spacial score (nSPS) is 11.2. The number of rotatable bonds is 5. The minimum Gasteiger partial charge on any atom is -0.0660 e. The summed E-state index contributed by atoms with van der Waals surface area (Å²) in [5.74, 6) is 0. The van der Waals surface area contributed by atoms with Crippen molar-refractivity contribution >= 4 is 37.4 Å². The first-order valence-corrected chi connectivity index (χ1v) is 12.9. The molecule has 0 unspecified atom stereocenters. The summed E-state index contributed by atoms with van der Waals surface area (Å²) >= 11 is 0. The van der Waals surface area contributed by atoms with E-state index in [1.165, 1.54) is 20.7 Å². The molecule has 0 aromatic heterocycles. The Bertz CT molecular complexity index is 840. The van der Waals surface area contributed by atoms with E-state index in [4.69, 9.17) is 0 Å². The lowest BCUT2D eigenvalue weighted by molar-refractivity contribution is 1.70. The van der Waals surface area contributed by atoms with Crippen LogP contribution in [0.2, 0.25) is 0 Å². The Balaban J connectivity index is 2.00. The summed E-state index contributed by atoms with van der Waals surface area (Å²) in [4.78, 5) is 0. The van der Waals surface area contributed by atoms with Crippen molar-refractivity contribution in [3.05, 3.63) is 121 Å². The smallest absolute Gasteiger partial charge is 0.0660 e. The topological polar surface area (TPSA) is 0 Å². The largest absolute Gasteiger partial charge is 0.139 e. The monoisotopic (exact) mass is 364 g/mol. The van der Waals surface area contributed by atoms with Gasteiger partial charge in [0.1, 0.15) is 7.59 Å². The summed E-state index contributed by atoms with van der Waals surface area (Å²) in [6.45, 7) is 0. The standard InChI is InChI=1S/C24H20Si2/c1-5-13-21(14-6-1)25-26(22-15-7-2-8-16-22,23-17-9-3-10-18-23)24-19-11-4-12-20-24/h1-20H. The van der Waals surface area contributed by atoms with Crippen molar-refractivity contribution < 1.29 is 0 Å². The predicted octanol–water partition coefficient (Wildman–Crippen LogP) is 2.68. The molecule has 0 aliphatic carbocycles. The zero-order chi connectivity index (χ0) is 17.7. The van der Waals surface area contributed by atoms with Crippen molar-refractivity contribution in [1.29, 1.82) is 0 Å². The van der Waals surface area contributed by atoms with Crippen LogP contribution in [-0.2, 0) is 0 Å². The van der Waals surface area contributed by atoms with Crippen LogP contribution in [-0.4, -0.2) is 16.6 Å². The molecule has 0 amide bonds. The molecule has 0 bridgehead atoms. The van der Waals surface area contributed by atoms with Crippen molar-refractivity contribution in [3.8, 4) is 0 Å². The van der Waals surface area contributed by atoms with Crippen molar-refractivity contribution in [3.63, 3.8) is 0 Å². The SMILES string of the molecule is c1ccc([Si][Si](c2ccccc2)(c2ccccc2)c2ccccc2)cc1. The van der Waals surface area contributed by atoms with Crippen molar-refractivity contribution in [2.75, 3.05) is 0 Å². The van der Waals surface area contributed by atoms with Crippen LogP contribution in [0.1, 0.15) is 0 Å². The van der Waals surface area contributed by atoms with Gasteiger partial charge in [-0.3, -0.25) is 0 Å². The summed E-state index contributed by atoms with van der Waals surface area (Å²) in [5, 5.41) is 5.84. The van der Waals surface area contributed by atoms with E-state index in [1.54, 1.807) is 0 Å². The molecule has 4 aromatic carbocycles. The Morgan fingerprint density at radius 3 is 1.04 bits per heavy atom. The van der Waals surface area contributed by atoms with Crippen molar-refractivity contribution in [2.45, 2.75) is 0 Å². The molecule has 0 aliphatic rings. The zero-order valence-corrected chi connectivity index (χ0v) is 16.5. The fourth-order valence-electron chi connectivity index (χ4n) is 3.52. The van der Waals surface area contributed by atoms with Gasteiger partial charge in [0, 0.05) is 0 Å². The molecule has 0 atom stereocenters. The van der Waals surface area contributed by atoms with E-state index >= 15 is 0 Å². The third kappa shape index (κ3) is 3.21. The molecule has 4 rings (SSSR count). The summed E-state index contributed by atoms with van der Waals surface area (Å²) < 4.78 is 0. The fourth-order valence-corrected chi connectivity index (χ4v) is 12.4. The number of hydrogen-bond acceptors (Lipinski definition) is 0. The minimum atomic E-state index is -2.14. The third-order valence-corrected chi connectivity index (χ3v) is 13.9. The molecule has 2 radical (unpaired) electrons. The molecule has 0 aliphatic heterocycles. The van der Waals surface area contributed by atoms with Crippen LogP contribution in [0.4, 0.5) is 0 Å². The van der Waals surface area contributed by atoms with E-state index < -0.39 is 7.59 Å². The maximum atomic E-state index is 2.32. The van der Waals surface area contributed by atoms with Crippen LogP contribution in [0.15, 0.2) is 121 Å². The molecule has 0 saturated carbocycles. The van der Waals surface area contributed by atoms with Gasteiger partial charge < -0.3 is 0 Å². The molecule has 26 heavy (non-hydrogen) atoms. The molecule has 2 heteroatoms. The van der Waals surface area contributed by atoms with E-state index in [9.17, 15) is 0 Å². The summed E-state index contributed by atoms with van der Waals surface area (Å²) in [5.41, 5.74) is 0. The summed E-state index contributed by atoms with van der Waals surface area (Å²) in [6.07, 6.45) is 0. The molecular formula is C24H20Si2. The molecule has 4 aromatic rings. The van der Waals surface area contributed by atoms with E-state index in [0.717, 1.165) is 9.04 Å². The first-order chi connectivity index (χ1) is 12.9. The Kier molecular flexibility index (Phi) is 4.96. The lowest BCUT2D eigenvalue weighted by atomic mass is 10.3. The lowest BCUT2D eigenvalue weighted by Gasteiger charge is -2.33. The van der Waals surface area contributed by atoms with Gasteiger partial charge in [-0.05, 0) is 0 Å². The van der Waals surface area contributed by atoms with E-state index in [2.05, 4.69) is 121 Å². The van der Waals surface area contributed by atoms with Crippen LogP contribution in [0.5, 0.6) is 0 Å². The van der Waals surface area contributed by atoms with Crippen LogP contribution < -0.4 is 20.7 Å². The second kappa shape index (κ2) is 7.69. The molecule has 0 N–H and O–H groups in total.